The van der Waals surface area contributed by atoms with Gasteiger partial charge in [-0.05, 0) is 17.7 Å². The van der Waals surface area contributed by atoms with Crippen LogP contribution in [0.5, 0.6) is 0 Å². The van der Waals surface area contributed by atoms with E-state index in [0.29, 0.717) is 24.3 Å². The Morgan fingerprint density at radius 1 is 0.923 bits per heavy atom. The Kier molecular flexibility index (Phi) is 5.43. The summed E-state index contributed by atoms with van der Waals surface area (Å²) >= 11 is 0. The molecule has 0 aliphatic heterocycles. The third kappa shape index (κ3) is 4.36. The van der Waals surface area contributed by atoms with Crippen molar-refractivity contribution in [3.63, 3.8) is 0 Å². The molecule has 2 amide bonds. The van der Waals surface area contributed by atoms with E-state index in [4.69, 9.17) is 0 Å². The number of para-hydroxylation sites is 1. The first-order chi connectivity index (χ1) is 12.6. The van der Waals surface area contributed by atoms with Crippen LogP contribution in [0.25, 0.3) is 5.69 Å². The van der Waals surface area contributed by atoms with Crippen molar-refractivity contribution >= 4 is 11.8 Å². The summed E-state index contributed by atoms with van der Waals surface area (Å²) in [5.74, 6) is -0.262. The number of hydrogen-bond acceptors (Lipinski definition) is 3. The number of aromatic nitrogens is 2. The minimum Gasteiger partial charge on any atom is -0.352 e. The second-order valence-corrected chi connectivity index (χ2v) is 5.89. The molecule has 26 heavy (non-hydrogen) atoms. The third-order valence-electron chi connectivity index (χ3n) is 3.87. The minimum absolute atomic E-state index is 0.0987. The van der Waals surface area contributed by atoms with Crippen molar-refractivity contribution in [2.75, 3.05) is 0 Å². The van der Waals surface area contributed by atoms with Crippen LogP contribution >= 0.6 is 0 Å². The maximum Gasteiger partial charge on any atom is 0.253 e. The van der Waals surface area contributed by atoms with Gasteiger partial charge < -0.3 is 10.6 Å². The van der Waals surface area contributed by atoms with Crippen LogP contribution in [0.2, 0.25) is 0 Å². The zero-order valence-electron chi connectivity index (χ0n) is 14.5. The molecule has 1 aromatic heterocycles. The predicted octanol–water partition coefficient (Wildman–Crippen LogP) is 2.44. The smallest absolute Gasteiger partial charge is 0.253 e. The van der Waals surface area contributed by atoms with E-state index in [1.165, 1.54) is 6.92 Å². The standard InChI is InChI=1S/C20H20N4O2/c1-15(25)21-12-17-13-23-24(14-17)19-10-6-5-9-18(19)20(26)22-11-16-7-3-2-4-8-16/h2-10,13-14H,11-12H2,1H3,(H,21,25)(H,22,26). The number of nitrogens with zero attached hydrogens (tertiary/aromatic N) is 2. The fraction of sp³-hybridized carbons (Fsp3) is 0.150. The first-order valence-corrected chi connectivity index (χ1v) is 8.33. The van der Waals surface area contributed by atoms with Gasteiger partial charge >= 0.3 is 0 Å². The Morgan fingerprint density at radius 3 is 2.38 bits per heavy atom. The Balaban J connectivity index is 1.75. The predicted molar refractivity (Wildman–Crippen MR) is 98.7 cm³/mol. The Labute approximate surface area is 151 Å². The Hall–Kier alpha value is -3.41. The van der Waals surface area contributed by atoms with Gasteiger partial charge in [-0.2, -0.15) is 5.10 Å². The molecule has 0 aliphatic carbocycles. The van der Waals surface area contributed by atoms with E-state index in [0.717, 1.165) is 11.1 Å². The van der Waals surface area contributed by atoms with E-state index in [9.17, 15) is 9.59 Å². The molecule has 6 heteroatoms. The summed E-state index contributed by atoms with van der Waals surface area (Å²) in [4.78, 5) is 23.7. The molecular formula is C20H20N4O2. The third-order valence-corrected chi connectivity index (χ3v) is 3.87. The summed E-state index contributed by atoms with van der Waals surface area (Å²) in [6.45, 7) is 2.33. The van der Waals surface area contributed by atoms with Crippen molar-refractivity contribution in [2.24, 2.45) is 0 Å². The van der Waals surface area contributed by atoms with Crippen LogP contribution < -0.4 is 10.6 Å². The Bertz CT molecular complexity index is 903. The molecule has 0 radical (unpaired) electrons. The highest BCUT2D eigenvalue weighted by molar-refractivity contribution is 5.97. The van der Waals surface area contributed by atoms with E-state index >= 15 is 0 Å². The number of amides is 2. The fourth-order valence-electron chi connectivity index (χ4n) is 2.55. The lowest BCUT2D eigenvalue weighted by atomic mass is 10.1. The highest BCUT2D eigenvalue weighted by Crippen LogP contribution is 2.15. The molecule has 2 N–H and O–H groups in total. The molecule has 0 fully saturated rings. The number of hydrogen-bond donors (Lipinski definition) is 2. The molecule has 0 atom stereocenters. The monoisotopic (exact) mass is 348 g/mol. The molecule has 3 aromatic rings. The van der Waals surface area contributed by atoms with Crippen molar-refractivity contribution in [3.8, 4) is 5.69 Å². The normalized spacial score (nSPS) is 10.3. The maximum atomic E-state index is 12.6. The first kappa shape index (κ1) is 17.4. The van der Waals surface area contributed by atoms with Crippen LogP contribution in [0.15, 0.2) is 67.0 Å². The molecule has 0 aliphatic rings. The average Bonchev–Trinajstić information content (AvgIpc) is 3.14. The summed E-state index contributed by atoms with van der Waals surface area (Å²) in [5.41, 5.74) is 3.12. The van der Waals surface area contributed by atoms with E-state index in [1.54, 1.807) is 23.1 Å². The van der Waals surface area contributed by atoms with Gasteiger partial charge in [0, 0.05) is 31.8 Å². The second-order valence-electron chi connectivity index (χ2n) is 5.89. The summed E-state index contributed by atoms with van der Waals surface area (Å²) in [5, 5.41) is 9.98. The highest BCUT2D eigenvalue weighted by atomic mass is 16.2. The molecule has 2 aromatic carbocycles. The van der Waals surface area contributed by atoms with E-state index in [1.807, 2.05) is 48.5 Å². The lowest BCUT2D eigenvalue weighted by Gasteiger charge is -2.10. The number of carbonyl (C=O) groups is 2. The van der Waals surface area contributed by atoms with Crippen LogP contribution in [0.1, 0.15) is 28.4 Å². The fourth-order valence-corrected chi connectivity index (χ4v) is 2.55. The largest absolute Gasteiger partial charge is 0.352 e. The topological polar surface area (TPSA) is 76.0 Å². The first-order valence-electron chi connectivity index (χ1n) is 8.33. The van der Waals surface area contributed by atoms with Gasteiger partial charge in [0.05, 0.1) is 17.4 Å². The number of rotatable bonds is 6. The number of carbonyl (C=O) groups excluding carboxylic acids is 2. The van der Waals surface area contributed by atoms with Crippen LogP contribution in [0, 0.1) is 0 Å². The lowest BCUT2D eigenvalue weighted by Crippen LogP contribution is -2.24. The summed E-state index contributed by atoms with van der Waals surface area (Å²) in [6.07, 6.45) is 3.48. The van der Waals surface area contributed by atoms with Gasteiger partial charge in [0.25, 0.3) is 5.91 Å². The van der Waals surface area contributed by atoms with E-state index in [-0.39, 0.29) is 11.8 Å². The summed E-state index contributed by atoms with van der Waals surface area (Å²) in [7, 11) is 0. The summed E-state index contributed by atoms with van der Waals surface area (Å²) < 4.78 is 1.65. The van der Waals surface area contributed by atoms with Gasteiger partial charge in [0.2, 0.25) is 5.91 Å². The molecule has 0 unspecified atom stereocenters. The van der Waals surface area contributed by atoms with Crippen LogP contribution in [0.4, 0.5) is 0 Å². The van der Waals surface area contributed by atoms with Gasteiger partial charge in [0.15, 0.2) is 0 Å². The molecule has 1 heterocycles. The van der Waals surface area contributed by atoms with Crippen LogP contribution in [0.3, 0.4) is 0 Å². The van der Waals surface area contributed by atoms with Crippen molar-refractivity contribution < 1.29 is 9.59 Å². The SMILES string of the molecule is CC(=O)NCc1cnn(-c2ccccc2C(=O)NCc2ccccc2)c1. The molecule has 0 saturated carbocycles. The molecule has 0 bridgehead atoms. The van der Waals surface area contributed by atoms with Crippen molar-refractivity contribution in [2.45, 2.75) is 20.0 Å². The van der Waals surface area contributed by atoms with Crippen molar-refractivity contribution in [3.05, 3.63) is 83.7 Å². The van der Waals surface area contributed by atoms with Gasteiger partial charge in [-0.3, -0.25) is 9.59 Å². The number of benzene rings is 2. The van der Waals surface area contributed by atoms with Gasteiger partial charge in [-0.15, -0.1) is 0 Å². The summed E-state index contributed by atoms with van der Waals surface area (Å²) in [6, 6.07) is 17.0. The van der Waals surface area contributed by atoms with Gasteiger partial charge in [-0.25, -0.2) is 4.68 Å². The van der Waals surface area contributed by atoms with Crippen molar-refractivity contribution in [1.29, 1.82) is 0 Å². The highest BCUT2D eigenvalue weighted by Gasteiger charge is 2.13. The zero-order valence-corrected chi connectivity index (χ0v) is 14.5. The average molecular weight is 348 g/mol. The van der Waals surface area contributed by atoms with E-state index in [2.05, 4.69) is 15.7 Å². The minimum atomic E-state index is -0.164. The van der Waals surface area contributed by atoms with Crippen molar-refractivity contribution in [1.82, 2.24) is 20.4 Å². The Morgan fingerprint density at radius 2 is 1.62 bits per heavy atom. The molecular weight excluding hydrogens is 328 g/mol. The number of nitrogens with one attached hydrogen (secondary N) is 2. The van der Waals surface area contributed by atoms with Gasteiger partial charge in [0.1, 0.15) is 0 Å². The van der Waals surface area contributed by atoms with Crippen LogP contribution in [-0.2, 0) is 17.9 Å². The van der Waals surface area contributed by atoms with E-state index < -0.39 is 0 Å². The lowest BCUT2D eigenvalue weighted by molar-refractivity contribution is -0.119. The zero-order chi connectivity index (χ0) is 18.4. The molecule has 0 spiro atoms. The van der Waals surface area contributed by atoms with Gasteiger partial charge in [-0.1, -0.05) is 42.5 Å². The quantitative estimate of drug-likeness (QED) is 0.718. The molecule has 132 valence electrons. The second kappa shape index (κ2) is 8.11. The van der Waals surface area contributed by atoms with Crippen LogP contribution in [-0.4, -0.2) is 21.6 Å². The maximum absolute atomic E-state index is 12.6. The molecule has 6 nitrogen and oxygen atoms in total. The molecule has 3 rings (SSSR count). The molecule has 0 saturated heterocycles.